The van der Waals surface area contributed by atoms with Crippen LogP contribution in [-0.2, 0) is 11.3 Å². The second-order valence-electron chi connectivity index (χ2n) is 5.15. The van der Waals surface area contributed by atoms with Gasteiger partial charge < -0.3 is 15.4 Å². The Bertz CT molecular complexity index is 484. The lowest BCUT2D eigenvalue weighted by Gasteiger charge is -2.13. The van der Waals surface area contributed by atoms with Crippen LogP contribution in [0.2, 0.25) is 0 Å². The van der Waals surface area contributed by atoms with E-state index < -0.39 is 25.6 Å². The second kappa shape index (κ2) is 8.03. The summed E-state index contributed by atoms with van der Waals surface area (Å²) in [6, 6.07) is 6.61. The third-order valence-corrected chi connectivity index (χ3v) is 3.47. The van der Waals surface area contributed by atoms with Crippen LogP contribution in [0.1, 0.15) is 12.0 Å². The Balaban J connectivity index is 1.76. The van der Waals surface area contributed by atoms with Crippen molar-refractivity contribution in [2.75, 3.05) is 19.8 Å². The summed E-state index contributed by atoms with van der Waals surface area (Å²) in [6.07, 6.45) is -3.37. The van der Waals surface area contributed by atoms with E-state index in [9.17, 15) is 18.0 Å². The molecular formula is C15H19F3N2O2. The zero-order valence-corrected chi connectivity index (χ0v) is 12.0. The number of amides is 1. The summed E-state index contributed by atoms with van der Waals surface area (Å²) in [5, 5.41) is 5.88. The average Bonchev–Trinajstić information content (AvgIpc) is 2.96. The van der Waals surface area contributed by atoms with Crippen LogP contribution in [-0.4, -0.2) is 44.1 Å². The predicted octanol–water partition coefficient (Wildman–Crippen LogP) is 1.69. The van der Waals surface area contributed by atoms with Crippen LogP contribution in [0.3, 0.4) is 0 Å². The Hall–Kier alpha value is -1.76. The zero-order valence-electron chi connectivity index (χ0n) is 12.0. The second-order valence-corrected chi connectivity index (χ2v) is 5.15. The number of benzene rings is 1. The summed E-state index contributed by atoms with van der Waals surface area (Å²) in [5.41, 5.74) is 0.941. The summed E-state index contributed by atoms with van der Waals surface area (Å²) in [7, 11) is 0. The Labute approximate surface area is 127 Å². The number of nitrogens with one attached hydrogen (secondary N) is 2. The first-order chi connectivity index (χ1) is 10.6. The fraction of sp³-hybridized carbons (Fsp3) is 0.533. The number of carbonyl (C=O) groups is 1. The van der Waals surface area contributed by atoms with Crippen LogP contribution in [0, 0.1) is 0 Å². The average molecular weight is 316 g/mol. The highest BCUT2D eigenvalue weighted by Gasteiger charge is 2.23. The van der Waals surface area contributed by atoms with Gasteiger partial charge in [0.05, 0.1) is 6.04 Å². The molecule has 1 fully saturated rings. The van der Waals surface area contributed by atoms with Crippen molar-refractivity contribution in [1.29, 1.82) is 0 Å². The SMILES string of the molecule is O=C1NCCC1NCc1ccc(OCC(F)C(F)CF)cc1. The number of carbonyl (C=O) groups excluding carboxylic acids is 1. The van der Waals surface area contributed by atoms with Crippen molar-refractivity contribution < 1.29 is 22.7 Å². The van der Waals surface area contributed by atoms with E-state index in [1.165, 1.54) is 0 Å². The molecule has 1 saturated heterocycles. The van der Waals surface area contributed by atoms with E-state index in [0.717, 1.165) is 12.0 Å². The van der Waals surface area contributed by atoms with E-state index in [4.69, 9.17) is 4.74 Å². The van der Waals surface area contributed by atoms with E-state index in [1.54, 1.807) is 24.3 Å². The molecule has 0 bridgehead atoms. The van der Waals surface area contributed by atoms with Crippen LogP contribution in [0.15, 0.2) is 24.3 Å². The zero-order chi connectivity index (χ0) is 15.9. The lowest BCUT2D eigenvalue weighted by molar-refractivity contribution is -0.120. The molecule has 1 aliphatic rings. The molecule has 2 rings (SSSR count). The van der Waals surface area contributed by atoms with E-state index >= 15 is 0 Å². The van der Waals surface area contributed by atoms with Crippen molar-refractivity contribution in [2.24, 2.45) is 0 Å². The Kier molecular flexibility index (Phi) is 6.06. The third-order valence-electron chi connectivity index (χ3n) is 3.47. The van der Waals surface area contributed by atoms with Gasteiger partial charge in [0.15, 0.2) is 12.3 Å². The minimum atomic E-state index is -2.15. The standard InChI is InChI=1S/C15H19F3N2O2/c16-7-12(17)13(18)9-22-11-3-1-10(2-4-11)8-20-14-5-6-19-15(14)21/h1-4,12-14,20H,5-9H2,(H,19,21). The van der Waals surface area contributed by atoms with Crippen LogP contribution < -0.4 is 15.4 Å². The molecule has 1 aliphatic heterocycles. The van der Waals surface area contributed by atoms with Gasteiger partial charge >= 0.3 is 0 Å². The first-order valence-electron chi connectivity index (χ1n) is 7.17. The van der Waals surface area contributed by atoms with Crippen LogP contribution in [0.25, 0.3) is 0 Å². The van der Waals surface area contributed by atoms with Crippen molar-refractivity contribution in [1.82, 2.24) is 10.6 Å². The minimum Gasteiger partial charge on any atom is -0.490 e. The topological polar surface area (TPSA) is 50.4 Å². The van der Waals surface area contributed by atoms with Crippen molar-refractivity contribution in [3.8, 4) is 5.75 Å². The molecule has 3 atom stereocenters. The first kappa shape index (κ1) is 16.6. The largest absolute Gasteiger partial charge is 0.490 e. The summed E-state index contributed by atoms with van der Waals surface area (Å²) in [5.74, 6) is 0.388. The van der Waals surface area contributed by atoms with E-state index in [0.29, 0.717) is 18.8 Å². The lowest BCUT2D eigenvalue weighted by Crippen LogP contribution is -2.35. The van der Waals surface area contributed by atoms with Gasteiger partial charge in [-0.15, -0.1) is 0 Å². The van der Waals surface area contributed by atoms with E-state index in [2.05, 4.69) is 10.6 Å². The maximum Gasteiger partial charge on any atom is 0.237 e. The fourth-order valence-electron chi connectivity index (χ4n) is 2.11. The van der Waals surface area contributed by atoms with Gasteiger partial charge in [0.1, 0.15) is 19.0 Å². The first-order valence-corrected chi connectivity index (χ1v) is 7.17. The summed E-state index contributed by atoms with van der Waals surface area (Å²) in [4.78, 5) is 11.4. The number of rotatable bonds is 8. The fourth-order valence-corrected chi connectivity index (χ4v) is 2.11. The highest BCUT2D eigenvalue weighted by atomic mass is 19.2. The molecule has 1 aromatic carbocycles. The maximum absolute atomic E-state index is 13.1. The van der Waals surface area contributed by atoms with Gasteiger partial charge in [-0.2, -0.15) is 0 Å². The van der Waals surface area contributed by atoms with Crippen molar-refractivity contribution in [3.63, 3.8) is 0 Å². The summed E-state index contributed by atoms with van der Waals surface area (Å²) in [6.45, 7) is -0.671. The van der Waals surface area contributed by atoms with Crippen LogP contribution in [0.5, 0.6) is 5.75 Å². The molecule has 0 aliphatic carbocycles. The molecular weight excluding hydrogens is 297 g/mol. The molecule has 0 aromatic heterocycles. The highest BCUT2D eigenvalue weighted by Crippen LogP contribution is 2.15. The number of hydrogen-bond acceptors (Lipinski definition) is 3. The lowest BCUT2D eigenvalue weighted by atomic mass is 10.2. The van der Waals surface area contributed by atoms with Gasteiger partial charge in [-0.05, 0) is 24.1 Å². The van der Waals surface area contributed by atoms with Gasteiger partial charge in [-0.25, -0.2) is 13.2 Å². The molecule has 0 saturated carbocycles. The van der Waals surface area contributed by atoms with Gasteiger partial charge in [-0.1, -0.05) is 12.1 Å². The van der Waals surface area contributed by atoms with Gasteiger partial charge in [0, 0.05) is 13.1 Å². The molecule has 2 N–H and O–H groups in total. The van der Waals surface area contributed by atoms with Crippen LogP contribution in [0.4, 0.5) is 13.2 Å². The molecule has 4 nitrogen and oxygen atoms in total. The van der Waals surface area contributed by atoms with Crippen molar-refractivity contribution in [3.05, 3.63) is 29.8 Å². The molecule has 1 amide bonds. The molecule has 7 heteroatoms. The van der Waals surface area contributed by atoms with E-state index in [1.807, 2.05) is 0 Å². The normalized spacial score (nSPS) is 20.5. The molecule has 22 heavy (non-hydrogen) atoms. The smallest absolute Gasteiger partial charge is 0.237 e. The number of halogens is 3. The summed E-state index contributed by atoms with van der Waals surface area (Å²) < 4.78 is 42.8. The number of alkyl halides is 3. The number of hydrogen-bond donors (Lipinski definition) is 2. The molecule has 3 unspecified atom stereocenters. The molecule has 0 spiro atoms. The monoisotopic (exact) mass is 316 g/mol. The van der Waals surface area contributed by atoms with Crippen LogP contribution >= 0.6 is 0 Å². The molecule has 1 aromatic rings. The quantitative estimate of drug-likeness (QED) is 0.767. The van der Waals surface area contributed by atoms with Crippen molar-refractivity contribution in [2.45, 2.75) is 31.4 Å². The highest BCUT2D eigenvalue weighted by molar-refractivity contribution is 5.83. The van der Waals surface area contributed by atoms with Crippen molar-refractivity contribution >= 4 is 5.91 Å². The third kappa shape index (κ3) is 4.62. The minimum absolute atomic E-state index is 0.00239. The Morgan fingerprint density at radius 3 is 2.59 bits per heavy atom. The summed E-state index contributed by atoms with van der Waals surface area (Å²) >= 11 is 0. The Morgan fingerprint density at radius 2 is 2.00 bits per heavy atom. The Morgan fingerprint density at radius 1 is 1.27 bits per heavy atom. The number of ether oxygens (including phenoxy) is 1. The molecule has 1 heterocycles. The molecule has 122 valence electrons. The molecule has 0 radical (unpaired) electrons. The maximum atomic E-state index is 13.1. The van der Waals surface area contributed by atoms with Gasteiger partial charge in [0.2, 0.25) is 5.91 Å². The van der Waals surface area contributed by atoms with E-state index in [-0.39, 0.29) is 11.9 Å². The van der Waals surface area contributed by atoms with Gasteiger partial charge in [-0.3, -0.25) is 4.79 Å². The van der Waals surface area contributed by atoms with Gasteiger partial charge in [0.25, 0.3) is 0 Å². The predicted molar refractivity (Wildman–Crippen MR) is 76.0 cm³/mol.